The number of hydrogen-bond donors (Lipinski definition) is 1. The molecule has 30 heavy (non-hydrogen) atoms. The number of amides is 1. The Morgan fingerprint density at radius 3 is 2.67 bits per heavy atom. The Balaban J connectivity index is 1.64. The monoisotopic (exact) mass is 453 g/mol. The number of anilines is 1. The number of aromatic nitrogens is 2. The molecule has 1 N–H and O–H groups in total. The normalized spacial score (nSPS) is 10.6. The number of rotatable bonds is 7. The molecule has 0 fully saturated rings. The molecule has 0 radical (unpaired) electrons. The Bertz CT molecular complexity index is 1130. The first-order valence-corrected chi connectivity index (χ1v) is 10.2. The molecule has 3 aromatic rings. The van der Waals surface area contributed by atoms with Gasteiger partial charge < -0.3 is 14.5 Å². The van der Waals surface area contributed by atoms with Crippen molar-refractivity contribution < 1.29 is 27.5 Å². The summed E-state index contributed by atoms with van der Waals surface area (Å²) in [7, 11) is 0. The summed E-state index contributed by atoms with van der Waals surface area (Å²) in [6, 6.07) is 3.99. The second-order valence-corrected chi connectivity index (χ2v) is 7.82. The molecule has 0 bridgehead atoms. The number of hydrogen-bond acceptors (Lipinski definition) is 9. The van der Waals surface area contributed by atoms with Crippen LogP contribution >= 0.6 is 23.1 Å². The van der Waals surface area contributed by atoms with Crippen molar-refractivity contribution in [1.29, 1.82) is 0 Å². The van der Waals surface area contributed by atoms with Gasteiger partial charge in [0.15, 0.2) is 4.34 Å². The van der Waals surface area contributed by atoms with Gasteiger partial charge in [0.05, 0.1) is 5.75 Å². The molecule has 1 aromatic carbocycles. The number of benzene rings is 1. The Morgan fingerprint density at radius 1 is 1.27 bits per heavy atom. The number of halogens is 2. The van der Waals surface area contributed by atoms with Crippen LogP contribution in [0, 0.1) is 11.6 Å². The van der Waals surface area contributed by atoms with E-state index in [2.05, 4.69) is 15.5 Å². The highest BCUT2D eigenvalue weighted by molar-refractivity contribution is 8.00. The summed E-state index contributed by atoms with van der Waals surface area (Å²) >= 11 is 2.37. The van der Waals surface area contributed by atoms with Gasteiger partial charge in [-0.1, -0.05) is 36.1 Å². The van der Waals surface area contributed by atoms with Crippen LogP contribution in [0.2, 0.25) is 0 Å². The van der Waals surface area contributed by atoms with Gasteiger partial charge in [0.1, 0.15) is 29.2 Å². The largest absolute Gasteiger partial charge is 0.464 e. The maximum atomic E-state index is 13.6. The summed E-state index contributed by atoms with van der Waals surface area (Å²) in [5.74, 6) is -3.80. The molecule has 156 valence electrons. The van der Waals surface area contributed by atoms with E-state index in [0.29, 0.717) is 15.9 Å². The van der Waals surface area contributed by atoms with E-state index < -0.39 is 34.3 Å². The van der Waals surface area contributed by atoms with Gasteiger partial charge in [0.2, 0.25) is 22.2 Å². The van der Waals surface area contributed by atoms with Gasteiger partial charge in [-0.15, -0.1) is 10.2 Å². The minimum absolute atomic E-state index is 0.186. The van der Waals surface area contributed by atoms with Crippen LogP contribution in [0.1, 0.15) is 29.5 Å². The predicted molar refractivity (Wildman–Crippen MR) is 105 cm³/mol. The Kier molecular flexibility index (Phi) is 6.90. The molecule has 0 unspecified atom stereocenters. The molecule has 0 saturated carbocycles. The Hall–Kier alpha value is -3.12. The van der Waals surface area contributed by atoms with Crippen LogP contribution in [0.5, 0.6) is 5.75 Å². The van der Waals surface area contributed by atoms with Gasteiger partial charge in [-0.2, -0.15) is 0 Å². The van der Waals surface area contributed by atoms with Crippen LogP contribution in [0.15, 0.2) is 44.1 Å². The third-order valence-corrected chi connectivity index (χ3v) is 5.53. The average Bonchev–Trinajstić information content (AvgIpc) is 3.15. The van der Waals surface area contributed by atoms with Crippen molar-refractivity contribution in [2.75, 3.05) is 5.32 Å². The van der Waals surface area contributed by atoms with Crippen LogP contribution < -0.4 is 15.5 Å². The lowest BCUT2D eigenvalue weighted by molar-refractivity contribution is -0.115. The van der Waals surface area contributed by atoms with Crippen molar-refractivity contribution in [3.05, 3.63) is 63.7 Å². The molecule has 0 aliphatic carbocycles. The van der Waals surface area contributed by atoms with Crippen LogP contribution in [0.4, 0.5) is 13.9 Å². The van der Waals surface area contributed by atoms with Gasteiger partial charge in [0.25, 0.3) is 0 Å². The lowest BCUT2D eigenvalue weighted by atomic mass is 10.2. The minimum atomic E-state index is -1.35. The number of esters is 1. The molecular weight excluding hydrogens is 440 g/mol. The molecule has 0 atom stereocenters. The quantitative estimate of drug-likeness (QED) is 0.328. The summed E-state index contributed by atoms with van der Waals surface area (Å²) < 4.78 is 37.8. The van der Waals surface area contributed by atoms with Crippen LogP contribution in [-0.2, 0) is 10.5 Å². The highest BCUT2D eigenvalue weighted by Gasteiger charge is 2.21. The van der Waals surface area contributed by atoms with Crippen molar-refractivity contribution in [2.45, 2.75) is 23.4 Å². The third-order valence-electron chi connectivity index (χ3n) is 3.53. The van der Waals surface area contributed by atoms with Gasteiger partial charge in [-0.3, -0.25) is 9.59 Å². The van der Waals surface area contributed by atoms with Crippen molar-refractivity contribution in [3.8, 4) is 5.75 Å². The molecule has 8 nitrogen and oxygen atoms in total. The fourth-order valence-electron chi connectivity index (χ4n) is 2.09. The fraction of sp³-hybridized carbons (Fsp3) is 0.167. The molecule has 2 heterocycles. The second-order valence-electron chi connectivity index (χ2n) is 5.62. The van der Waals surface area contributed by atoms with Crippen molar-refractivity contribution in [1.82, 2.24) is 10.2 Å². The second kappa shape index (κ2) is 9.59. The van der Waals surface area contributed by atoms with Crippen LogP contribution in [-0.4, -0.2) is 22.1 Å². The number of carbonyl (C=O) groups excluding carboxylic acids is 2. The summed E-state index contributed by atoms with van der Waals surface area (Å²) in [5.41, 5.74) is -1.60. The highest BCUT2D eigenvalue weighted by Crippen LogP contribution is 2.28. The molecule has 0 aliphatic rings. The standard InChI is InChI=1S/C18H13F2N3O5S2/c1-2-14(25)21-17-22-23-18(30-17)29-8-9-6-12(24)13(7-27-9)28-16(26)15-10(19)4-3-5-11(15)20/h3-7H,2,8H2,1H3,(H,21,22,25). The van der Waals surface area contributed by atoms with Crippen LogP contribution in [0.25, 0.3) is 0 Å². The van der Waals surface area contributed by atoms with E-state index in [1.54, 1.807) is 6.92 Å². The van der Waals surface area contributed by atoms with Gasteiger partial charge in [0, 0.05) is 12.5 Å². The van der Waals surface area contributed by atoms with Crippen LogP contribution in [0.3, 0.4) is 0 Å². The lowest BCUT2D eigenvalue weighted by Crippen LogP contribution is -2.17. The van der Waals surface area contributed by atoms with Crippen molar-refractivity contribution in [2.24, 2.45) is 0 Å². The number of thioether (sulfide) groups is 1. The summed E-state index contributed by atoms with van der Waals surface area (Å²) in [4.78, 5) is 35.5. The lowest BCUT2D eigenvalue weighted by Gasteiger charge is -2.06. The number of carbonyl (C=O) groups is 2. The van der Waals surface area contributed by atoms with E-state index in [1.165, 1.54) is 11.8 Å². The first-order valence-electron chi connectivity index (χ1n) is 8.41. The fourth-order valence-corrected chi connectivity index (χ4v) is 3.75. The smallest absolute Gasteiger partial charge is 0.349 e. The SMILES string of the molecule is CCC(=O)Nc1nnc(SCc2cc(=O)c(OC(=O)c3c(F)cccc3F)co2)s1. The van der Waals surface area contributed by atoms with E-state index in [4.69, 9.17) is 9.15 Å². The maximum absolute atomic E-state index is 13.6. The Labute approximate surface area is 176 Å². The van der Waals surface area contributed by atoms with E-state index in [9.17, 15) is 23.2 Å². The third kappa shape index (κ3) is 5.27. The average molecular weight is 453 g/mol. The zero-order valence-corrected chi connectivity index (χ0v) is 16.9. The minimum Gasteiger partial charge on any atom is -0.464 e. The summed E-state index contributed by atoms with van der Waals surface area (Å²) in [6.45, 7) is 1.71. The molecular formula is C18H13F2N3O5S2. The number of nitrogens with one attached hydrogen (secondary N) is 1. The van der Waals surface area contributed by atoms with Gasteiger partial charge in [-0.05, 0) is 12.1 Å². The highest BCUT2D eigenvalue weighted by atomic mass is 32.2. The van der Waals surface area contributed by atoms with E-state index in [-0.39, 0.29) is 17.4 Å². The van der Waals surface area contributed by atoms with Gasteiger partial charge >= 0.3 is 5.97 Å². The molecule has 12 heteroatoms. The summed E-state index contributed by atoms with van der Waals surface area (Å²) in [5, 5.41) is 10.7. The summed E-state index contributed by atoms with van der Waals surface area (Å²) in [6.07, 6.45) is 1.20. The topological polar surface area (TPSA) is 111 Å². The van der Waals surface area contributed by atoms with E-state index in [1.807, 2.05) is 0 Å². The molecule has 0 saturated heterocycles. The zero-order valence-electron chi connectivity index (χ0n) is 15.3. The van der Waals surface area contributed by atoms with E-state index in [0.717, 1.165) is 41.9 Å². The maximum Gasteiger partial charge on any atom is 0.349 e. The first-order chi connectivity index (χ1) is 14.4. The number of nitrogens with zero attached hydrogens (tertiary/aromatic N) is 2. The Morgan fingerprint density at radius 2 is 2.00 bits per heavy atom. The predicted octanol–water partition coefficient (Wildman–Crippen LogP) is 3.63. The molecule has 0 aliphatic heterocycles. The van der Waals surface area contributed by atoms with E-state index >= 15 is 0 Å². The molecule has 3 rings (SSSR count). The first kappa shape index (κ1) is 21.6. The van der Waals surface area contributed by atoms with Crippen molar-refractivity contribution in [3.63, 3.8) is 0 Å². The number of ether oxygens (including phenoxy) is 1. The molecule has 1 amide bonds. The van der Waals surface area contributed by atoms with Gasteiger partial charge in [-0.25, -0.2) is 13.6 Å². The zero-order chi connectivity index (χ0) is 21.7. The molecule has 0 spiro atoms. The molecule has 2 aromatic heterocycles. The van der Waals surface area contributed by atoms with Crippen molar-refractivity contribution >= 4 is 40.1 Å².